The number of hydrogen-bond acceptors (Lipinski definition) is 5. The molecule has 1 aromatic heterocycles. The molecule has 33 heavy (non-hydrogen) atoms. The van der Waals surface area contributed by atoms with Crippen molar-refractivity contribution in [2.45, 2.75) is 45.1 Å². The van der Waals surface area contributed by atoms with E-state index in [1.165, 1.54) is 12.6 Å². The maximum absolute atomic E-state index is 11.4. The van der Waals surface area contributed by atoms with Gasteiger partial charge in [-0.1, -0.05) is 24.6 Å². The Morgan fingerprint density at radius 3 is 2.67 bits per heavy atom. The molecule has 0 radical (unpaired) electrons. The maximum Gasteiger partial charge on any atom is 0.245 e. The Kier molecular flexibility index (Phi) is 10.0. The molecule has 0 atom stereocenters. The fourth-order valence-corrected chi connectivity index (χ4v) is 3.81. The average molecular weight is 454 g/mol. The lowest BCUT2D eigenvalue weighted by Crippen LogP contribution is -2.27. The molecule has 0 bridgehead atoms. The van der Waals surface area contributed by atoms with Crippen molar-refractivity contribution in [2.75, 3.05) is 34.0 Å². The monoisotopic (exact) mass is 453 g/mol. The molecule has 0 saturated carbocycles. The second kappa shape index (κ2) is 13.5. The van der Waals surface area contributed by atoms with E-state index >= 15 is 0 Å². The van der Waals surface area contributed by atoms with Crippen LogP contribution in [-0.4, -0.2) is 49.4 Å². The van der Waals surface area contributed by atoms with Crippen LogP contribution in [0.2, 0.25) is 0 Å². The molecule has 0 spiro atoms. The number of fused-ring (bicyclic) bond motifs is 1. The van der Waals surface area contributed by atoms with Gasteiger partial charge in [0, 0.05) is 32.7 Å². The fraction of sp³-hybridized carbons (Fsp3) is 0.462. The number of nitrogens with zero attached hydrogens (tertiary/aromatic N) is 2. The van der Waals surface area contributed by atoms with E-state index in [9.17, 15) is 4.79 Å². The number of aryl methyl sites for hydroxylation is 2. The first-order valence-electron chi connectivity index (χ1n) is 11.7. The first-order chi connectivity index (χ1) is 16.2. The first-order valence-corrected chi connectivity index (χ1v) is 11.7. The van der Waals surface area contributed by atoms with Crippen LogP contribution in [0, 0.1) is 0 Å². The Labute approximate surface area is 196 Å². The van der Waals surface area contributed by atoms with E-state index in [1.54, 1.807) is 7.11 Å². The minimum atomic E-state index is -0.0605. The highest BCUT2D eigenvalue weighted by molar-refractivity contribution is 5.77. The van der Waals surface area contributed by atoms with Gasteiger partial charge in [0.1, 0.15) is 23.9 Å². The third-order valence-corrected chi connectivity index (χ3v) is 5.49. The summed E-state index contributed by atoms with van der Waals surface area (Å²) in [6.45, 7) is 2.40. The van der Waals surface area contributed by atoms with Crippen molar-refractivity contribution in [1.29, 1.82) is 0 Å². The van der Waals surface area contributed by atoms with Gasteiger partial charge >= 0.3 is 0 Å². The van der Waals surface area contributed by atoms with Crippen LogP contribution in [0.5, 0.6) is 11.5 Å². The van der Waals surface area contributed by atoms with Gasteiger partial charge in [-0.15, -0.1) is 0 Å². The number of methoxy groups -OCH3 is 2. The molecule has 178 valence electrons. The molecule has 7 nitrogen and oxygen atoms in total. The van der Waals surface area contributed by atoms with E-state index in [0.717, 1.165) is 67.9 Å². The number of amides is 1. The largest absolute Gasteiger partial charge is 0.497 e. The molecule has 2 aromatic carbocycles. The van der Waals surface area contributed by atoms with E-state index in [1.807, 2.05) is 30.3 Å². The number of hydrogen-bond donors (Lipinski definition) is 1. The predicted octanol–water partition coefficient (Wildman–Crippen LogP) is 4.38. The number of carbonyl (C=O) groups is 1. The molecule has 0 fully saturated rings. The van der Waals surface area contributed by atoms with Crippen molar-refractivity contribution >= 4 is 16.9 Å². The highest BCUT2D eigenvalue weighted by Crippen LogP contribution is 2.20. The summed E-state index contributed by atoms with van der Waals surface area (Å²) >= 11 is 0. The van der Waals surface area contributed by atoms with Gasteiger partial charge in [0.2, 0.25) is 5.91 Å². The van der Waals surface area contributed by atoms with Crippen LogP contribution < -0.4 is 14.8 Å². The third-order valence-electron chi connectivity index (χ3n) is 5.49. The summed E-state index contributed by atoms with van der Waals surface area (Å²) in [7, 11) is 3.19. The molecule has 3 aromatic rings. The number of imidazole rings is 1. The summed E-state index contributed by atoms with van der Waals surface area (Å²) in [5.74, 6) is 2.71. The summed E-state index contributed by atoms with van der Waals surface area (Å²) in [5, 5.41) is 2.87. The minimum Gasteiger partial charge on any atom is -0.497 e. The molecular weight excluding hydrogens is 418 g/mol. The number of unbranched alkanes of at least 4 members (excludes halogenated alkanes) is 3. The smallest absolute Gasteiger partial charge is 0.245 e. The zero-order chi connectivity index (χ0) is 23.3. The standard InChI is InChI=1S/C26H35N3O4/c1-31-20-26(30)27-16-7-3-4-15-25-28-23-13-5-6-14-24(23)29(25)17-8-9-18-33-22-12-10-11-21(19-22)32-2/h5-6,10-14,19H,3-4,7-9,15-18,20H2,1-2H3,(H,27,30). The lowest BCUT2D eigenvalue weighted by Gasteiger charge is -2.11. The van der Waals surface area contributed by atoms with Gasteiger partial charge in [-0.3, -0.25) is 4.79 Å². The van der Waals surface area contributed by atoms with Crippen LogP contribution in [0.4, 0.5) is 0 Å². The third kappa shape index (κ3) is 7.79. The van der Waals surface area contributed by atoms with Gasteiger partial charge in [-0.25, -0.2) is 4.98 Å². The van der Waals surface area contributed by atoms with Gasteiger partial charge in [0.05, 0.1) is 24.8 Å². The highest BCUT2D eigenvalue weighted by atomic mass is 16.5. The van der Waals surface area contributed by atoms with Crippen LogP contribution in [0.1, 0.15) is 37.9 Å². The Morgan fingerprint density at radius 2 is 1.82 bits per heavy atom. The van der Waals surface area contributed by atoms with Gasteiger partial charge in [0.25, 0.3) is 0 Å². The average Bonchev–Trinajstić information content (AvgIpc) is 3.18. The van der Waals surface area contributed by atoms with Gasteiger partial charge in [-0.05, 0) is 49.9 Å². The molecule has 0 aliphatic carbocycles. The zero-order valence-corrected chi connectivity index (χ0v) is 19.7. The number of nitrogens with one attached hydrogen (secondary N) is 1. The summed E-state index contributed by atoms with van der Waals surface area (Å²) in [6, 6.07) is 16.0. The van der Waals surface area contributed by atoms with Crippen molar-refractivity contribution in [2.24, 2.45) is 0 Å². The topological polar surface area (TPSA) is 74.6 Å². The second-order valence-electron chi connectivity index (χ2n) is 8.00. The molecule has 1 amide bonds. The van der Waals surface area contributed by atoms with Crippen molar-refractivity contribution in [1.82, 2.24) is 14.9 Å². The summed E-state index contributed by atoms with van der Waals surface area (Å²) in [4.78, 5) is 16.3. The lowest BCUT2D eigenvalue weighted by molar-refractivity contribution is -0.124. The van der Waals surface area contributed by atoms with E-state index in [-0.39, 0.29) is 12.5 Å². The summed E-state index contributed by atoms with van der Waals surface area (Å²) < 4.78 is 18.3. The van der Waals surface area contributed by atoms with E-state index in [0.29, 0.717) is 13.2 Å². The van der Waals surface area contributed by atoms with Gasteiger partial charge < -0.3 is 24.1 Å². The van der Waals surface area contributed by atoms with Crippen molar-refractivity contribution < 1.29 is 19.0 Å². The Morgan fingerprint density at radius 1 is 0.970 bits per heavy atom. The molecule has 1 heterocycles. The number of aromatic nitrogens is 2. The maximum atomic E-state index is 11.4. The number of ether oxygens (including phenoxy) is 3. The van der Waals surface area contributed by atoms with Gasteiger partial charge in [0.15, 0.2) is 0 Å². The molecular formula is C26H35N3O4. The van der Waals surface area contributed by atoms with Crippen LogP contribution >= 0.6 is 0 Å². The normalized spacial score (nSPS) is 11.0. The van der Waals surface area contributed by atoms with Crippen LogP contribution in [0.25, 0.3) is 11.0 Å². The summed E-state index contributed by atoms with van der Waals surface area (Å²) in [6.07, 6.45) is 5.96. The predicted molar refractivity (Wildman–Crippen MR) is 130 cm³/mol. The Balaban J connectivity index is 1.45. The second-order valence-corrected chi connectivity index (χ2v) is 8.00. The molecule has 0 aliphatic rings. The van der Waals surface area contributed by atoms with Gasteiger partial charge in [-0.2, -0.15) is 0 Å². The quantitative estimate of drug-likeness (QED) is 0.346. The number of rotatable bonds is 15. The van der Waals surface area contributed by atoms with Crippen LogP contribution in [0.3, 0.4) is 0 Å². The van der Waals surface area contributed by atoms with E-state index in [4.69, 9.17) is 19.2 Å². The zero-order valence-electron chi connectivity index (χ0n) is 19.7. The van der Waals surface area contributed by atoms with Crippen LogP contribution in [0.15, 0.2) is 48.5 Å². The minimum absolute atomic E-state index is 0.0605. The number of carbonyl (C=O) groups excluding carboxylic acids is 1. The molecule has 0 saturated heterocycles. The Bertz CT molecular complexity index is 1000. The molecule has 3 rings (SSSR count). The lowest BCUT2D eigenvalue weighted by atomic mass is 10.2. The number of benzene rings is 2. The van der Waals surface area contributed by atoms with E-state index < -0.39 is 0 Å². The van der Waals surface area contributed by atoms with Crippen molar-refractivity contribution in [3.8, 4) is 11.5 Å². The molecule has 0 unspecified atom stereocenters. The first kappa shape index (κ1) is 24.6. The van der Waals surface area contributed by atoms with Crippen molar-refractivity contribution in [3.63, 3.8) is 0 Å². The molecule has 7 heteroatoms. The number of para-hydroxylation sites is 2. The van der Waals surface area contributed by atoms with Crippen molar-refractivity contribution in [3.05, 3.63) is 54.4 Å². The summed E-state index contributed by atoms with van der Waals surface area (Å²) in [5.41, 5.74) is 2.24. The fourth-order valence-electron chi connectivity index (χ4n) is 3.81. The van der Waals surface area contributed by atoms with Crippen LogP contribution in [-0.2, 0) is 22.5 Å². The SMILES string of the molecule is COCC(=O)NCCCCCc1nc2ccccc2n1CCCCOc1cccc(OC)c1. The Hall–Kier alpha value is -3.06. The van der Waals surface area contributed by atoms with E-state index in [2.05, 4.69) is 28.1 Å². The molecule has 0 aliphatic heterocycles. The molecule has 1 N–H and O–H groups in total. The highest BCUT2D eigenvalue weighted by Gasteiger charge is 2.10.